The Kier molecular flexibility index (Phi) is 4.14. The maximum Gasteiger partial charge on any atom is 0.192 e. The van der Waals surface area contributed by atoms with Gasteiger partial charge in [-0.2, -0.15) is 4.99 Å². The summed E-state index contributed by atoms with van der Waals surface area (Å²) in [5, 5.41) is 8.81. The molecule has 0 fully saturated rings. The van der Waals surface area contributed by atoms with Crippen LogP contribution >= 0.6 is 11.6 Å². The van der Waals surface area contributed by atoms with Crippen LogP contribution in [0.1, 0.15) is 0 Å². The van der Waals surface area contributed by atoms with Crippen LogP contribution in [-0.4, -0.2) is 29.3 Å². The summed E-state index contributed by atoms with van der Waals surface area (Å²) in [4.78, 5) is 7.59. The van der Waals surface area contributed by atoms with Gasteiger partial charge in [-0.3, -0.25) is 0 Å². The summed E-state index contributed by atoms with van der Waals surface area (Å²) in [7, 11) is 0. The summed E-state index contributed by atoms with van der Waals surface area (Å²) in [6.45, 7) is 0.104. The van der Waals surface area contributed by atoms with Crippen LogP contribution in [0, 0.1) is 0 Å². The van der Waals surface area contributed by atoms with E-state index in [0.29, 0.717) is 5.75 Å². The molecular formula is C8H11ClN4O2. The fourth-order valence-corrected chi connectivity index (χ4v) is 1.06. The van der Waals surface area contributed by atoms with E-state index in [1.165, 1.54) is 12.3 Å². The van der Waals surface area contributed by atoms with E-state index in [-0.39, 0.29) is 30.0 Å². The van der Waals surface area contributed by atoms with Crippen LogP contribution in [0.2, 0.25) is 5.02 Å². The molecule has 5 N–H and O–H groups in total. The Bertz CT molecular complexity index is 366. The van der Waals surface area contributed by atoms with Crippen LogP contribution in [0.4, 0.5) is 5.82 Å². The number of aliphatic hydroxyl groups is 1. The van der Waals surface area contributed by atoms with Gasteiger partial charge in [-0.15, -0.1) is 0 Å². The highest BCUT2D eigenvalue weighted by atomic mass is 35.5. The van der Waals surface area contributed by atoms with Crippen molar-refractivity contribution in [2.75, 3.05) is 13.2 Å². The van der Waals surface area contributed by atoms with Gasteiger partial charge in [0.2, 0.25) is 0 Å². The predicted octanol–water partition coefficient (Wildman–Crippen LogP) is 0.0110. The van der Waals surface area contributed by atoms with Crippen molar-refractivity contribution in [2.45, 2.75) is 0 Å². The molecule has 0 atom stereocenters. The van der Waals surface area contributed by atoms with Crippen molar-refractivity contribution in [3.8, 4) is 5.75 Å². The van der Waals surface area contributed by atoms with Crippen molar-refractivity contribution in [1.82, 2.24) is 4.98 Å². The molecule has 0 amide bonds. The summed E-state index contributed by atoms with van der Waals surface area (Å²) in [5.41, 5.74) is 10.4. The average molecular weight is 231 g/mol. The molecular weight excluding hydrogens is 220 g/mol. The van der Waals surface area contributed by atoms with Gasteiger partial charge >= 0.3 is 0 Å². The molecule has 0 saturated carbocycles. The molecule has 1 heterocycles. The Morgan fingerprint density at radius 3 is 2.87 bits per heavy atom. The number of pyridine rings is 1. The van der Waals surface area contributed by atoms with Crippen LogP contribution in [0.3, 0.4) is 0 Å². The van der Waals surface area contributed by atoms with Crippen LogP contribution in [0.15, 0.2) is 17.3 Å². The van der Waals surface area contributed by atoms with Crippen molar-refractivity contribution in [3.63, 3.8) is 0 Å². The topological polar surface area (TPSA) is 107 Å². The lowest BCUT2D eigenvalue weighted by molar-refractivity contribution is 0.201. The molecule has 0 saturated heterocycles. The average Bonchev–Trinajstić information content (AvgIpc) is 2.18. The number of guanidine groups is 1. The molecule has 0 aromatic carbocycles. The molecule has 0 aliphatic rings. The first-order chi connectivity index (χ1) is 7.13. The van der Waals surface area contributed by atoms with Gasteiger partial charge in [0.25, 0.3) is 0 Å². The van der Waals surface area contributed by atoms with E-state index in [1.807, 2.05) is 0 Å². The van der Waals surface area contributed by atoms with Gasteiger partial charge in [-0.1, -0.05) is 11.6 Å². The van der Waals surface area contributed by atoms with E-state index in [4.69, 9.17) is 32.9 Å². The standard InChI is InChI=1S/C8H11ClN4O2/c9-6-3-5(15-2-1-14)4-12-7(6)13-8(10)11/h3-4,14H,1-2H2,(H4,10,11,12,13). The number of nitrogens with two attached hydrogens (primary N) is 2. The highest BCUT2D eigenvalue weighted by Crippen LogP contribution is 2.25. The molecule has 0 radical (unpaired) electrons. The van der Waals surface area contributed by atoms with Gasteiger partial charge in [0, 0.05) is 6.07 Å². The number of nitrogens with zero attached hydrogens (tertiary/aromatic N) is 2. The minimum Gasteiger partial charge on any atom is -0.490 e. The number of aromatic nitrogens is 1. The first kappa shape index (κ1) is 11.5. The zero-order valence-corrected chi connectivity index (χ0v) is 8.61. The molecule has 0 aliphatic heterocycles. The van der Waals surface area contributed by atoms with Crippen molar-refractivity contribution < 1.29 is 9.84 Å². The second kappa shape index (κ2) is 5.38. The Morgan fingerprint density at radius 2 is 2.33 bits per heavy atom. The van der Waals surface area contributed by atoms with Gasteiger partial charge in [-0.25, -0.2) is 4.98 Å². The third kappa shape index (κ3) is 3.61. The summed E-state index contributed by atoms with van der Waals surface area (Å²) < 4.78 is 5.09. The summed E-state index contributed by atoms with van der Waals surface area (Å²) in [6.07, 6.45) is 1.42. The van der Waals surface area contributed by atoms with Gasteiger partial charge in [0.15, 0.2) is 11.8 Å². The molecule has 1 aromatic rings. The smallest absolute Gasteiger partial charge is 0.192 e. The van der Waals surface area contributed by atoms with Gasteiger partial charge in [0.05, 0.1) is 17.8 Å². The van der Waals surface area contributed by atoms with E-state index in [9.17, 15) is 0 Å². The zero-order chi connectivity index (χ0) is 11.3. The Hall–Kier alpha value is -1.53. The fraction of sp³-hybridized carbons (Fsp3) is 0.250. The zero-order valence-electron chi connectivity index (χ0n) is 7.85. The summed E-state index contributed by atoms with van der Waals surface area (Å²) >= 11 is 5.83. The first-order valence-electron chi connectivity index (χ1n) is 4.12. The molecule has 1 aromatic heterocycles. The molecule has 1 rings (SSSR count). The number of halogens is 1. The maximum absolute atomic E-state index is 8.54. The number of aliphatic hydroxyl groups excluding tert-OH is 1. The van der Waals surface area contributed by atoms with Crippen LogP contribution in [-0.2, 0) is 0 Å². The molecule has 6 nitrogen and oxygen atoms in total. The number of aliphatic imine (C=N–C) groups is 1. The SMILES string of the molecule is NC(N)=Nc1ncc(OCCO)cc1Cl. The monoisotopic (exact) mass is 230 g/mol. The highest BCUT2D eigenvalue weighted by molar-refractivity contribution is 6.32. The molecule has 0 bridgehead atoms. The lowest BCUT2D eigenvalue weighted by Gasteiger charge is -2.04. The number of ether oxygens (including phenoxy) is 1. The molecule has 82 valence electrons. The van der Waals surface area contributed by atoms with Crippen LogP contribution in [0.25, 0.3) is 0 Å². The number of hydrogen-bond donors (Lipinski definition) is 3. The molecule has 0 unspecified atom stereocenters. The Morgan fingerprint density at radius 1 is 1.60 bits per heavy atom. The van der Waals surface area contributed by atoms with E-state index in [2.05, 4.69) is 9.98 Å². The third-order valence-corrected chi connectivity index (χ3v) is 1.67. The normalized spacial score (nSPS) is 9.73. The molecule has 7 heteroatoms. The molecule has 0 spiro atoms. The fourth-order valence-electron chi connectivity index (χ4n) is 0.860. The largest absolute Gasteiger partial charge is 0.490 e. The van der Waals surface area contributed by atoms with E-state index >= 15 is 0 Å². The van der Waals surface area contributed by atoms with Gasteiger partial charge in [-0.05, 0) is 0 Å². The summed E-state index contributed by atoms with van der Waals surface area (Å²) in [6, 6.07) is 1.52. The minimum atomic E-state index is -0.117. The lowest BCUT2D eigenvalue weighted by atomic mass is 10.4. The van der Waals surface area contributed by atoms with Gasteiger partial charge < -0.3 is 21.3 Å². The first-order valence-corrected chi connectivity index (χ1v) is 4.50. The van der Waals surface area contributed by atoms with E-state index in [1.54, 1.807) is 0 Å². The number of rotatable bonds is 4. The second-order valence-corrected chi connectivity index (χ2v) is 2.99. The summed E-state index contributed by atoms with van der Waals surface area (Å²) in [5.74, 6) is 0.560. The second-order valence-electron chi connectivity index (χ2n) is 2.59. The van der Waals surface area contributed by atoms with Crippen molar-refractivity contribution in [1.29, 1.82) is 0 Å². The van der Waals surface area contributed by atoms with Crippen molar-refractivity contribution in [3.05, 3.63) is 17.3 Å². The lowest BCUT2D eigenvalue weighted by Crippen LogP contribution is -2.22. The van der Waals surface area contributed by atoms with Gasteiger partial charge in [0.1, 0.15) is 12.4 Å². The molecule has 0 aliphatic carbocycles. The predicted molar refractivity (Wildman–Crippen MR) is 57.3 cm³/mol. The number of hydrogen-bond acceptors (Lipinski definition) is 4. The van der Waals surface area contributed by atoms with Crippen LogP contribution in [0.5, 0.6) is 5.75 Å². The Labute approximate surface area is 91.5 Å². The van der Waals surface area contributed by atoms with Crippen molar-refractivity contribution >= 4 is 23.4 Å². The minimum absolute atomic E-state index is 0.0761. The molecule has 15 heavy (non-hydrogen) atoms. The van der Waals surface area contributed by atoms with Crippen molar-refractivity contribution in [2.24, 2.45) is 16.5 Å². The maximum atomic E-state index is 8.54. The highest BCUT2D eigenvalue weighted by Gasteiger charge is 2.03. The Balaban J connectivity index is 2.83. The van der Waals surface area contributed by atoms with Crippen LogP contribution < -0.4 is 16.2 Å². The quantitative estimate of drug-likeness (QED) is 0.499. The van der Waals surface area contributed by atoms with E-state index < -0.39 is 0 Å². The van der Waals surface area contributed by atoms with E-state index in [0.717, 1.165) is 0 Å². The third-order valence-electron chi connectivity index (χ3n) is 1.39.